The van der Waals surface area contributed by atoms with Gasteiger partial charge >= 0.3 is 0 Å². The molecule has 0 N–H and O–H groups in total. The predicted molar refractivity (Wildman–Crippen MR) is 20.5 cm³/mol. The third-order valence-electron chi connectivity index (χ3n) is 0.219. The van der Waals surface area contributed by atoms with Crippen molar-refractivity contribution in [2.24, 2.45) is 0 Å². The number of rotatable bonds is 2. The smallest absolute Gasteiger partial charge is 0 e. The summed E-state index contributed by atoms with van der Waals surface area (Å²) in [4.78, 5) is 18.3. The topological polar surface area (TPSA) is 34.1 Å². The SMILES string of the molecule is O=[C-]C=C[C-]=O.[Y]. The van der Waals surface area contributed by atoms with Crippen molar-refractivity contribution >= 4 is 12.6 Å². The van der Waals surface area contributed by atoms with Crippen LogP contribution in [0.5, 0.6) is 0 Å². The second kappa shape index (κ2) is 9.49. The summed E-state index contributed by atoms with van der Waals surface area (Å²) in [6.07, 6.45) is 4.65. The van der Waals surface area contributed by atoms with E-state index in [1.807, 2.05) is 0 Å². The molecule has 0 aliphatic carbocycles. The first-order chi connectivity index (χ1) is 2.91. The minimum absolute atomic E-state index is 0. The van der Waals surface area contributed by atoms with Crippen molar-refractivity contribution in [1.29, 1.82) is 0 Å². The Morgan fingerprint density at radius 1 is 1.00 bits per heavy atom. The van der Waals surface area contributed by atoms with Crippen LogP contribution < -0.4 is 0 Å². The minimum atomic E-state index is 0. The van der Waals surface area contributed by atoms with E-state index in [2.05, 4.69) is 0 Å². The molecule has 1 radical (unpaired) electrons. The van der Waals surface area contributed by atoms with Crippen LogP contribution in [0.4, 0.5) is 0 Å². The molecule has 7 heavy (non-hydrogen) atoms. The number of hydrogen-bond acceptors (Lipinski definition) is 2. The molecule has 3 heteroatoms. The fourth-order valence-electron chi connectivity index (χ4n) is 0.0680. The van der Waals surface area contributed by atoms with Crippen LogP contribution in [0.15, 0.2) is 12.2 Å². The van der Waals surface area contributed by atoms with E-state index in [4.69, 9.17) is 0 Å². The second-order valence-corrected chi connectivity index (χ2v) is 0.569. The molecule has 0 unspecified atom stereocenters. The summed E-state index contributed by atoms with van der Waals surface area (Å²) in [5.74, 6) is 0. The maximum Gasteiger partial charge on any atom is 0 e. The van der Waals surface area contributed by atoms with Crippen molar-refractivity contribution in [2.75, 3.05) is 0 Å². The van der Waals surface area contributed by atoms with Crippen molar-refractivity contribution in [3.63, 3.8) is 0 Å². The normalized spacial score (nSPS) is 7.43. The number of allylic oxidation sites excluding steroid dienone is 2. The zero-order chi connectivity index (χ0) is 4.83. The van der Waals surface area contributed by atoms with Crippen molar-refractivity contribution in [1.82, 2.24) is 0 Å². The van der Waals surface area contributed by atoms with Crippen LogP contribution in [-0.4, -0.2) is 12.6 Å². The summed E-state index contributed by atoms with van der Waals surface area (Å²) in [6, 6.07) is 0. The third kappa shape index (κ3) is 10.7. The van der Waals surface area contributed by atoms with Gasteiger partial charge in [-0.1, -0.05) is 0 Å². The fourth-order valence-corrected chi connectivity index (χ4v) is 0.0680. The summed E-state index contributed by atoms with van der Waals surface area (Å²) in [6.45, 7) is 0. The average molecular weight is 171 g/mol. The van der Waals surface area contributed by atoms with Gasteiger partial charge in [0.05, 0.1) is 0 Å². The molecule has 0 amide bonds. The van der Waals surface area contributed by atoms with Gasteiger partial charge in [-0.15, -0.1) is 12.6 Å². The molecule has 0 aromatic heterocycles. The van der Waals surface area contributed by atoms with Crippen molar-refractivity contribution < 1.29 is 42.3 Å². The largest absolute Gasteiger partial charge is 0.440 e. The van der Waals surface area contributed by atoms with Crippen LogP contribution in [0.2, 0.25) is 0 Å². The Bertz CT molecular complexity index is 67.8. The van der Waals surface area contributed by atoms with Crippen LogP contribution in [0, 0.1) is 0 Å². The molecule has 0 heterocycles. The van der Waals surface area contributed by atoms with Gasteiger partial charge in [0.2, 0.25) is 0 Å². The first-order valence-electron chi connectivity index (χ1n) is 1.32. The molecule has 0 atom stereocenters. The maximum absolute atomic E-state index is 9.17. The molecule has 0 aliphatic rings. The first-order valence-corrected chi connectivity index (χ1v) is 1.32. The summed E-state index contributed by atoms with van der Waals surface area (Å²) in [7, 11) is 0. The van der Waals surface area contributed by atoms with Gasteiger partial charge in [0, 0.05) is 32.7 Å². The Labute approximate surface area is 66.9 Å². The molecule has 0 aromatic rings. The summed E-state index contributed by atoms with van der Waals surface area (Å²) in [5, 5.41) is 0. The molecule has 0 saturated heterocycles. The van der Waals surface area contributed by atoms with E-state index < -0.39 is 0 Å². The van der Waals surface area contributed by atoms with E-state index in [1.165, 1.54) is 12.6 Å². The van der Waals surface area contributed by atoms with E-state index in [9.17, 15) is 9.59 Å². The van der Waals surface area contributed by atoms with Crippen LogP contribution >= 0.6 is 0 Å². The molecule has 0 rings (SSSR count). The summed E-state index contributed by atoms with van der Waals surface area (Å²) < 4.78 is 0. The van der Waals surface area contributed by atoms with Gasteiger partial charge in [0.15, 0.2) is 0 Å². The van der Waals surface area contributed by atoms with E-state index in [-0.39, 0.29) is 32.7 Å². The van der Waals surface area contributed by atoms with Gasteiger partial charge in [0.25, 0.3) is 0 Å². The van der Waals surface area contributed by atoms with Crippen LogP contribution in [0.1, 0.15) is 0 Å². The third-order valence-corrected chi connectivity index (χ3v) is 0.219. The first kappa shape index (κ1) is 10.2. The van der Waals surface area contributed by atoms with E-state index >= 15 is 0 Å². The molecule has 0 fully saturated rings. The Hall–Kier alpha value is 0.184. The molecule has 0 aliphatic heterocycles. The molecular formula is C4H2O2Y-2. The Balaban J connectivity index is 0. The molecule has 0 saturated carbocycles. The fraction of sp³-hybridized carbons (Fsp3) is 0. The van der Waals surface area contributed by atoms with Crippen molar-refractivity contribution in [3.05, 3.63) is 12.2 Å². The van der Waals surface area contributed by atoms with Crippen LogP contribution in [-0.2, 0) is 42.3 Å². The summed E-state index contributed by atoms with van der Waals surface area (Å²) >= 11 is 0. The molecule has 0 bridgehead atoms. The predicted octanol–water partition coefficient (Wildman–Crippen LogP) is -0.241. The molecule has 0 aromatic carbocycles. The van der Waals surface area contributed by atoms with Gasteiger partial charge in [-0.3, -0.25) is 0 Å². The average Bonchev–Trinajstić information content (AvgIpc) is 1.61. The second-order valence-electron chi connectivity index (χ2n) is 0.569. The molecular weight excluding hydrogens is 169 g/mol. The monoisotopic (exact) mass is 171 g/mol. The van der Waals surface area contributed by atoms with Gasteiger partial charge in [-0.25, -0.2) is 0 Å². The Kier molecular flexibility index (Phi) is 13.9. The van der Waals surface area contributed by atoms with Gasteiger partial charge < -0.3 is 21.7 Å². The quantitative estimate of drug-likeness (QED) is 0.424. The molecule has 0 spiro atoms. The standard InChI is InChI=1S/C4H2O2.Y/c5-3-1-2-4-6;/h1-2H;/q-2;. The van der Waals surface area contributed by atoms with E-state index in [0.717, 1.165) is 12.2 Å². The molecule has 2 nitrogen and oxygen atoms in total. The Morgan fingerprint density at radius 3 is 1.43 bits per heavy atom. The zero-order valence-electron chi connectivity index (χ0n) is 3.55. The zero-order valence-corrected chi connectivity index (χ0v) is 6.39. The Morgan fingerprint density at radius 2 is 1.29 bits per heavy atom. The van der Waals surface area contributed by atoms with Crippen LogP contribution in [0.25, 0.3) is 0 Å². The van der Waals surface area contributed by atoms with Gasteiger partial charge in [-0.05, 0) is 0 Å². The van der Waals surface area contributed by atoms with Gasteiger partial charge in [0.1, 0.15) is 0 Å². The van der Waals surface area contributed by atoms with Gasteiger partial charge in [-0.2, -0.15) is 0 Å². The van der Waals surface area contributed by atoms with Crippen LogP contribution in [0.3, 0.4) is 0 Å². The van der Waals surface area contributed by atoms with Crippen molar-refractivity contribution in [3.8, 4) is 0 Å². The number of hydrogen-bond donors (Lipinski definition) is 0. The van der Waals surface area contributed by atoms with E-state index in [0.29, 0.717) is 0 Å². The van der Waals surface area contributed by atoms with Crippen molar-refractivity contribution in [2.45, 2.75) is 0 Å². The number of carbonyl (C=O) groups excluding carboxylic acids is 2. The van der Waals surface area contributed by atoms with E-state index in [1.54, 1.807) is 0 Å². The molecule has 35 valence electrons. The minimum Gasteiger partial charge on any atom is -0.440 e. The maximum atomic E-state index is 9.17. The summed E-state index contributed by atoms with van der Waals surface area (Å²) in [5.41, 5.74) is 0.